The number of fused-ring (bicyclic) bond motifs is 1. The lowest BCUT2D eigenvalue weighted by atomic mass is 9.92. The molecule has 1 aliphatic carbocycles. The second kappa shape index (κ2) is 7.90. The number of anilines is 1. The van der Waals surface area contributed by atoms with Crippen molar-refractivity contribution in [2.75, 3.05) is 18.7 Å². The number of hydrogen-bond donors (Lipinski definition) is 2. The van der Waals surface area contributed by atoms with Gasteiger partial charge in [0.2, 0.25) is 11.9 Å². The molecule has 0 unspecified atom stereocenters. The van der Waals surface area contributed by atoms with Crippen LogP contribution in [0.25, 0.3) is 11.0 Å². The fourth-order valence-electron chi connectivity index (χ4n) is 3.00. The first kappa shape index (κ1) is 20.3. The van der Waals surface area contributed by atoms with Gasteiger partial charge >= 0.3 is 6.61 Å². The molecule has 1 amide bonds. The maximum atomic E-state index is 14.8. The molecule has 28 heavy (non-hydrogen) atoms. The molecule has 0 bridgehead atoms. The maximum Gasteiger partial charge on any atom is 0.387 e. The van der Waals surface area contributed by atoms with Crippen LogP contribution in [0.1, 0.15) is 31.7 Å². The summed E-state index contributed by atoms with van der Waals surface area (Å²) in [6.07, 6.45) is 1.27. The lowest BCUT2D eigenvalue weighted by Gasteiger charge is -2.29. The monoisotopic (exact) mass is 407 g/mol. The molecule has 2 N–H and O–H groups in total. The highest BCUT2D eigenvalue weighted by molar-refractivity contribution is 5.92. The van der Waals surface area contributed by atoms with Crippen molar-refractivity contribution in [3.63, 3.8) is 0 Å². The summed E-state index contributed by atoms with van der Waals surface area (Å²) < 4.78 is 70.8. The molecule has 1 saturated carbocycles. The standard InChI is InChI=1S/C17H18F5N3O3/c18-7-17(27,8-19)6-12(26)24-16-23-10-4-5-11(28-15(21)22)13(20)14(10)25(16)9-2-1-3-9/h4-5,9,15,27H,1-3,6-8H2,(H,23,24,26). The van der Waals surface area contributed by atoms with E-state index in [1.807, 2.05) is 0 Å². The second-order valence-corrected chi connectivity index (χ2v) is 6.73. The smallest absolute Gasteiger partial charge is 0.387 e. The van der Waals surface area contributed by atoms with Gasteiger partial charge in [-0.1, -0.05) is 0 Å². The molecule has 0 atom stereocenters. The quantitative estimate of drug-likeness (QED) is 0.657. The van der Waals surface area contributed by atoms with Crippen molar-refractivity contribution in [1.29, 1.82) is 0 Å². The molecule has 3 rings (SSSR count). The van der Waals surface area contributed by atoms with Crippen molar-refractivity contribution in [3.8, 4) is 5.75 Å². The number of imidazole rings is 1. The third kappa shape index (κ3) is 3.89. The number of carbonyl (C=O) groups excluding carboxylic acids is 1. The van der Waals surface area contributed by atoms with Gasteiger partial charge in [0, 0.05) is 6.04 Å². The van der Waals surface area contributed by atoms with Crippen molar-refractivity contribution in [3.05, 3.63) is 17.9 Å². The summed E-state index contributed by atoms with van der Waals surface area (Å²) in [7, 11) is 0. The van der Waals surface area contributed by atoms with E-state index in [0.29, 0.717) is 12.8 Å². The Hall–Kier alpha value is -2.43. The van der Waals surface area contributed by atoms with Crippen molar-refractivity contribution in [1.82, 2.24) is 9.55 Å². The number of ether oxygens (including phenoxy) is 1. The first-order valence-corrected chi connectivity index (χ1v) is 8.57. The Balaban J connectivity index is 1.98. The van der Waals surface area contributed by atoms with Crippen molar-refractivity contribution in [2.45, 2.75) is 43.9 Å². The van der Waals surface area contributed by atoms with Gasteiger partial charge in [0.05, 0.1) is 11.9 Å². The predicted molar refractivity (Wildman–Crippen MR) is 89.4 cm³/mol. The van der Waals surface area contributed by atoms with E-state index in [0.717, 1.165) is 12.5 Å². The van der Waals surface area contributed by atoms with Crippen LogP contribution in [0.15, 0.2) is 12.1 Å². The summed E-state index contributed by atoms with van der Waals surface area (Å²) in [5, 5.41) is 12.0. The number of aromatic nitrogens is 2. The van der Waals surface area contributed by atoms with Crippen molar-refractivity contribution in [2.24, 2.45) is 0 Å². The molecule has 1 aliphatic rings. The van der Waals surface area contributed by atoms with E-state index in [9.17, 15) is 31.9 Å². The summed E-state index contributed by atoms with van der Waals surface area (Å²) in [4.78, 5) is 16.2. The maximum absolute atomic E-state index is 14.8. The Labute approximate surface area is 156 Å². The lowest BCUT2D eigenvalue weighted by Crippen LogP contribution is -2.38. The van der Waals surface area contributed by atoms with Crippen LogP contribution < -0.4 is 10.1 Å². The predicted octanol–water partition coefficient (Wildman–Crippen LogP) is 3.50. The number of rotatable bonds is 8. The van der Waals surface area contributed by atoms with Gasteiger partial charge in [-0.25, -0.2) is 18.2 Å². The molecule has 0 aliphatic heterocycles. The van der Waals surface area contributed by atoms with Crippen LogP contribution in [-0.4, -0.2) is 46.1 Å². The summed E-state index contributed by atoms with van der Waals surface area (Å²) in [6, 6.07) is 2.02. The van der Waals surface area contributed by atoms with E-state index in [-0.39, 0.29) is 23.0 Å². The van der Waals surface area contributed by atoms with Crippen LogP contribution >= 0.6 is 0 Å². The number of halogens is 5. The Morgan fingerprint density at radius 1 is 1.36 bits per heavy atom. The third-order valence-electron chi connectivity index (χ3n) is 4.65. The molecule has 0 saturated heterocycles. The van der Waals surface area contributed by atoms with Crippen LogP contribution in [0, 0.1) is 5.82 Å². The van der Waals surface area contributed by atoms with Crippen LogP contribution in [0.4, 0.5) is 27.9 Å². The average Bonchev–Trinajstić information content (AvgIpc) is 2.94. The van der Waals surface area contributed by atoms with Gasteiger partial charge in [-0.3, -0.25) is 10.1 Å². The molecule has 6 nitrogen and oxygen atoms in total. The zero-order chi connectivity index (χ0) is 20.5. The summed E-state index contributed by atoms with van der Waals surface area (Å²) in [6.45, 7) is -6.14. The Morgan fingerprint density at radius 2 is 2.04 bits per heavy atom. The van der Waals surface area contributed by atoms with Gasteiger partial charge in [0.15, 0.2) is 11.6 Å². The summed E-state index contributed by atoms with van der Waals surface area (Å²) in [5.41, 5.74) is -2.49. The first-order chi connectivity index (χ1) is 13.3. The third-order valence-corrected chi connectivity index (χ3v) is 4.65. The average molecular weight is 407 g/mol. The SMILES string of the molecule is O=C(CC(O)(CF)CF)Nc1nc2ccc(OC(F)F)c(F)c2n1C1CCC1. The highest BCUT2D eigenvalue weighted by Gasteiger charge is 2.33. The molecule has 11 heteroatoms. The Bertz CT molecular complexity index is 865. The topological polar surface area (TPSA) is 76.4 Å². The number of carbonyl (C=O) groups is 1. The van der Waals surface area contributed by atoms with Crippen LogP contribution in [-0.2, 0) is 4.79 Å². The van der Waals surface area contributed by atoms with Gasteiger partial charge in [-0.15, -0.1) is 0 Å². The molecule has 1 heterocycles. The molecule has 0 radical (unpaired) electrons. The van der Waals surface area contributed by atoms with Crippen molar-refractivity contribution >= 4 is 22.9 Å². The molecule has 2 aromatic rings. The fraction of sp³-hybridized carbons (Fsp3) is 0.529. The second-order valence-electron chi connectivity index (χ2n) is 6.73. The molecule has 0 spiro atoms. The zero-order valence-corrected chi connectivity index (χ0v) is 14.6. The molecule has 1 aromatic carbocycles. The van der Waals surface area contributed by atoms with Gasteiger partial charge < -0.3 is 14.4 Å². The number of hydrogen-bond acceptors (Lipinski definition) is 4. The van der Waals surface area contributed by atoms with E-state index < -0.39 is 49.5 Å². The lowest BCUT2D eigenvalue weighted by molar-refractivity contribution is -0.122. The minimum atomic E-state index is -3.22. The largest absolute Gasteiger partial charge is 0.432 e. The van der Waals surface area contributed by atoms with E-state index in [1.165, 1.54) is 10.6 Å². The Kier molecular flexibility index (Phi) is 5.73. The van der Waals surface area contributed by atoms with Crippen LogP contribution in [0.2, 0.25) is 0 Å². The highest BCUT2D eigenvalue weighted by atomic mass is 19.3. The number of benzene rings is 1. The summed E-state index contributed by atoms with van der Waals surface area (Å²) in [5.74, 6) is -2.73. The van der Waals surface area contributed by atoms with E-state index in [4.69, 9.17) is 0 Å². The summed E-state index contributed by atoms with van der Waals surface area (Å²) >= 11 is 0. The van der Waals surface area contributed by atoms with Crippen molar-refractivity contribution < 1.29 is 36.6 Å². The van der Waals surface area contributed by atoms with E-state index >= 15 is 0 Å². The fourth-order valence-corrected chi connectivity index (χ4v) is 3.00. The van der Waals surface area contributed by atoms with E-state index in [2.05, 4.69) is 15.0 Å². The minimum absolute atomic E-state index is 0.0903. The van der Waals surface area contributed by atoms with Crippen LogP contribution in [0.3, 0.4) is 0 Å². The zero-order valence-electron chi connectivity index (χ0n) is 14.6. The van der Waals surface area contributed by atoms with Gasteiger partial charge in [0.1, 0.15) is 24.5 Å². The van der Waals surface area contributed by atoms with E-state index in [1.54, 1.807) is 0 Å². The first-order valence-electron chi connectivity index (χ1n) is 8.57. The molecule has 1 aromatic heterocycles. The normalized spacial score (nSPS) is 15.1. The van der Waals surface area contributed by atoms with Gasteiger partial charge in [-0.2, -0.15) is 8.78 Å². The molecule has 154 valence electrons. The number of amides is 1. The molecule has 1 fully saturated rings. The van der Waals surface area contributed by atoms with Gasteiger partial charge in [0.25, 0.3) is 0 Å². The molecular formula is C17H18F5N3O3. The highest BCUT2D eigenvalue weighted by Crippen LogP contribution is 2.39. The van der Waals surface area contributed by atoms with Crippen LogP contribution in [0.5, 0.6) is 5.75 Å². The Morgan fingerprint density at radius 3 is 2.57 bits per heavy atom. The van der Waals surface area contributed by atoms with Gasteiger partial charge in [-0.05, 0) is 31.4 Å². The number of alkyl halides is 4. The molecular weight excluding hydrogens is 389 g/mol. The number of nitrogens with zero attached hydrogens (tertiary/aromatic N) is 2. The number of nitrogens with one attached hydrogen (secondary N) is 1. The minimum Gasteiger partial charge on any atom is -0.432 e. The number of aliphatic hydroxyl groups is 1.